The number of nitrogens with zero attached hydrogens (tertiary/aromatic N) is 6. The van der Waals surface area contributed by atoms with Crippen LogP contribution in [0.15, 0.2) is 35.4 Å². The van der Waals surface area contributed by atoms with Crippen LogP contribution in [0.25, 0.3) is 5.82 Å². The molecule has 4 heterocycles. The van der Waals surface area contributed by atoms with Crippen molar-refractivity contribution in [3.8, 4) is 5.82 Å². The summed E-state index contributed by atoms with van der Waals surface area (Å²) in [5, 5.41) is 8.58. The lowest BCUT2D eigenvalue weighted by molar-refractivity contribution is 0.231. The molecule has 0 atom stereocenters. The average molecular weight is 421 g/mol. The summed E-state index contributed by atoms with van der Waals surface area (Å²) in [5.74, 6) is 0.819. The van der Waals surface area contributed by atoms with Gasteiger partial charge in [-0.05, 0) is 43.7 Å². The van der Waals surface area contributed by atoms with Crippen molar-refractivity contribution in [1.82, 2.24) is 28.2 Å². The highest BCUT2D eigenvalue weighted by Crippen LogP contribution is 2.24. The Labute approximate surface area is 171 Å². The van der Waals surface area contributed by atoms with Gasteiger partial charge in [-0.2, -0.15) is 22.1 Å². The van der Waals surface area contributed by atoms with Crippen molar-refractivity contribution in [2.45, 2.75) is 45.1 Å². The third-order valence-electron chi connectivity index (χ3n) is 5.81. The second-order valence-corrected chi connectivity index (χ2v) is 9.75. The van der Waals surface area contributed by atoms with Crippen LogP contribution in [-0.4, -0.2) is 62.8 Å². The van der Waals surface area contributed by atoms with E-state index in [4.69, 9.17) is 0 Å². The largest absolute Gasteiger partial charge is 0.281 e. The predicted octanol–water partition coefficient (Wildman–Crippen LogP) is 1.26. The molecule has 0 N–H and O–H groups in total. The summed E-state index contributed by atoms with van der Waals surface area (Å²) in [4.78, 5) is 12.2. The lowest BCUT2D eigenvalue weighted by Gasteiger charge is -2.34. The molecule has 2 aromatic rings. The van der Waals surface area contributed by atoms with Crippen molar-refractivity contribution in [2.75, 3.05) is 26.2 Å². The first kappa shape index (κ1) is 20.2. The minimum absolute atomic E-state index is 0.152. The molecule has 2 fully saturated rings. The van der Waals surface area contributed by atoms with Gasteiger partial charge in [0.2, 0.25) is 0 Å². The van der Waals surface area contributed by atoms with Gasteiger partial charge in [0.05, 0.1) is 0 Å². The van der Waals surface area contributed by atoms with Crippen LogP contribution >= 0.6 is 0 Å². The van der Waals surface area contributed by atoms with Crippen LogP contribution in [0.2, 0.25) is 0 Å². The first-order valence-electron chi connectivity index (χ1n) is 10.4. The minimum Gasteiger partial charge on any atom is -0.268 e. The van der Waals surface area contributed by atoms with Crippen LogP contribution in [0.4, 0.5) is 0 Å². The normalized spacial score (nSPS) is 20.6. The lowest BCUT2D eigenvalue weighted by Crippen LogP contribution is -2.48. The molecule has 0 bridgehead atoms. The van der Waals surface area contributed by atoms with E-state index in [9.17, 15) is 13.2 Å². The maximum Gasteiger partial charge on any atom is 0.281 e. The fraction of sp³-hybridized carbons (Fsp3) is 0.632. The topological polar surface area (TPSA) is 93.3 Å². The quantitative estimate of drug-likeness (QED) is 0.726. The highest BCUT2D eigenvalue weighted by Gasteiger charge is 2.33. The van der Waals surface area contributed by atoms with E-state index < -0.39 is 10.2 Å². The van der Waals surface area contributed by atoms with E-state index in [1.54, 1.807) is 37.8 Å². The molecule has 10 heteroatoms. The van der Waals surface area contributed by atoms with Gasteiger partial charge in [0, 0.05) is 51.2 Å². The highest BCUT2D eigenvalue weighted by molar-refractivity contribution is 7.86. The maximum absolute atomic E-state index is 13.0. The van der Waals surface area contributed by atoms with Crippen LogP contribution in [0.1, 0.15) is 38.5 Å². The van der Waals surface area contributed by atoms with Crippen molar-refractivity contribution in [3.63, 3.8) is 0 Å². The molecule has 2 saturated heterocycles. The Morgan fingerprint density at radius 1 is 0.966 bits per heavy atom. The van der Waals surface area contributed by atoms with Crippen LogP contribution in [0, 0.1) is 5.92 Å². The van der Waals surface area contributed by atoms with Gasteiger partial charge in [0.15, 0.2) is 5.82 Å². The van der Waals surface area contributed by atoms with Crippen LogP contribution in [0.3, 0.4) is 0 Å². The zero-order chi connectivity index (χ0) is 20.3. The van der Waals surface area contributed by atoms with E-state index in [2.05, 4.69) is 10.2 Å². The Kier molecular flexibility index (Phi) is 6.12. The molecule has 2 aliphatic heterocycles. The molecule has 0 saturated carbocycles. The summed E-state index contributed by atoms with van der Waals surface area (Å²) < 4.78 is 32.3. The molecule has 29 heavy (non-hydrogen) atoms. The first-order valence-corrected chi connectivity index (χ1v) is 11.8. The first-order chi connectivity index (χ1) is 14.0. The Morgan fingerprint density at radius 3 is 2.31 bits per heavy atom. The number of rotatable bonds is 5. The molecule has 0 spiro atoms. The summed E-state index contributed by atoms with van der Waals surface area (Å²) in [7, 11) is -3.38. The standard InChI is InChI=1S/C19H28N6O3S/c26-19-7-6-18(24-13-5-10-20-24)21-25(19)16-17-8-14-23(15-9-17)29(27,28)22-11-3-1-2-4-12-22/h5-7,10,13,17H,1-4,8-9,11-12,14-16H2. The number of aromatic nitrogens is 4. The summed E-state index contributed by atoms with van der Waals surface area (Å²) in [6.45, 7) is 2.74. The van der Waals surface area contributed by atoms with E-state index >= 15 is 0 Å². The molecule has 0 aliphatic carbocycles. The molecule has 0 aromatic carbocycles. The summed E-state index contributed by atoms with van der Waals surface area (Å²) >= 11 is 0. The zero-order valence-corrected chi connectivity index (χ0v) is 17.4. The van der Waals surface area contributed by atoms with Gasteiger partial charge in [-0.3, -0.25) is 4.79 Å². The second-order valence-electron chi connectivity index (χ2n) is 7.83. The van der Waals surface area contributed by atoms with E-state index in [1.807, 2.05) is 0 Å². The van der Waals surface area contributed by atoms with E-state index in [-0.39, 0.29) is 11.5 Å². The van der Waals surface area contributed by atoms with Gasteiger partial charge in [0.25, 0.3) is 15.8 Å². The highest BCUT2D eigenvalue weighted by atomic mass is 32.2. The second kappa shape index (κ2) is 8.76. The fourth-order valence-corrected chi connectivity index (χ4v) is 5.82. The van der Waals surface area contributed by atoms with Gasteiger partial charge >= 0.3 is 0 Å². The van der Waals surface area contributed by atoms with Gasteiger partial charge in [-0.1, -0.05) is 12.8 Å². The maximum atomic E-state index is 13.0. The molecular weight excluding hydrogens is 392 g/mol. The van der Waals surface area contributed by atoms with Gasteiger partial charge in [0.1, 0.15) is 0 Å². The van der Waals surface area contributed by atoms with Crippen LogP contribution in [-0.2, 0) is 16.8 Å². The molecule has 2 aromatic heterocycles. The van der Waals surface area contributed by atoms with Crippen molar-refractivity contribution < 1.29 is 8.42 Å². The van der Waals surface area contributed by atoms with Gasteiger partial charge in [-0.25, -0.2) is 9.36 Å². The van der Waals surface area contributed by atoms with Crippen molar-refractivity contribution in [3.05, 3.63) is 40.9 Å². The lowest BCUT2D eigenvalue weighted by atomic mass is 9.98. The number of hydrogen-bond acceptors (Lipinski definition) is 5. The Balaban J connectivity index is 1.39. The van der Waals surface area contributed by atoms with Crippen molar-refractivity contribution >= 4 is 10.2 Å². The molecule has 9 nitrogen and oxygen atoms in total. The smallest absolute Gasteiger partial charge is 0.268 e. The fourth-order valence-electron chi connectivity index (χ4n) is 4.10. The molecule has 0 amide bonds. The molecule has 158 valence electrons. The SMILES string of the molecule is O=c1ccc(-n2cccn2)nn1CC1CCN(S(=O)(=O)N2CCCCCC2)CC1. The molecule has 0 unspecified atom stereocenters. The molecule has 2 aliphatic rings. The van der Waals surface area contributed by atoms with E-state index in [1.165, 1.54) is 10.7 Å². The number of hydrogen-bond donors (Lipinski definition) is 0. The average Bonchev–Trinajstić information content (AvgIpc) is 3.11. The monoisotopic (exact) mass is 420 g/mol. The van der Waals surface area contributed by atoms with E-state index in [0.29, 0.717) is 38.5 Å². The van der Waals surface area contributed by atoms with Crippen molar-refractivity contribution in [1.29, 1.82) is 0 Å². The molecule has 0 radical (unpaired) electrons. The third-order valence-corrected chi connectivity index (χ3v) is 7.85. The zero-order valence-electron chi connectivity index (χ0n) is 16.6. The van der Waals surface area contributed by atoms with Crippen LogP contribution < -0.4 is 5.56 Å². The summed E-state index contributed by atoms with van der Waals surface area (Å²) in [5.41, 5.74) is -0.152. The van der Waals surface area contributed by atoms with Gasteiger partial charge in [-0.15, -0.1) is 5.10 Å². The van der Waals surface area contributed by atoms with Crippen molar-refractivity contribution in [2.24, 2.45) is 5.92 Å². The Morgan fingerprint density at radius 2 is 1.66 bits per heavy atom. The molecular formula is C19H28N6O3S. The van der Waals surface area contributed by atoms with Crippen LogP contribution in [0.5, 0.6) is 0 Å². The predicted molar refractivity (Wildman–Crippen MR) is 109 cm³/mol. The molecule has 4 rings (SSSR count). The minimum atomic E-state index is -3.38. The van der Waals surface area contributed by atoms with Gasteiger partial charge < -0.3 is 0 Å². The summed E-state index contributed by atoms with van der Waals surface area (Å²) in [6.07, 6.45) is 9.00. The summed E-state index contributed by atoms with van der Waals surface area (Å²) in [6, 6.07) is 4.96. The van der Waals surface area contributed by atoms with E-state index in [0.717, 1.165) is 38.5 Å². The Bertz CT molecular complexity index is 956. The third kappa shape index (κ3) is 4.59. The number of piperidine rings is 1. The Hall–Kier alpha value is -2.04.